The molecule has 0 aliphatic carbocycles. The van der Waals surface area contributed by atoms with Crippen molar-refractivity contribution in [1.82, 2.24) is 10.1 Å². The zero-order chi connectivity index (χ0) is 15.2. The number of halogens is 1. The molecule has 0 unspecified atom stereocenters. The molecular weight excluding hydrogens is 291 g/mol. The van der Waals surface area contributed by atoms with Crippen molar-refractivity contribution in [3.8, 4) is 0 Å². The zero-order valence-electron chi connectivity index (χ0n) is 12.4. The normalized spacial score (nSPS) is 14.1. The molecule has 1 heterocycles. The molecule has 0 amide bonds. The molecule has 4 nitrogen and oxygen atoms in total. The van der Waals surface area contributed by atoms with Gasteiger partial charge in [-0.3, -0.25) is 0 Å². The van der Waals surface area contributed by atoms with E-state index in [2.05, 4.69) is 10.1 Å². The van der Waals surface area contributed by atoms with Crippen LogP contribution in [0.4, 0.5) is 4.39 Å². The van der Waals surface area contributed by atoms with Crippen molar-refractivity contribution in [2.75, 3.05) is 6.61 Å². The van der Waals surface area contributed by atoms with E-state index in [0.717, 1.165) is 0 Å². The maximum Gasteiger partial charge on any atom is 0.236 e. The maximum atomic E-state index is 13.7. The number of hydrogen-bond acceptors (Lipinski definition) is 5. The highest BCUT2D eigenvalue weighted by atomic mass is 32.2. The third-order valence-corrected chi connectivity index (χ3v) is 4.23. The summed E-state index contributed by atoms with van der Waals surface area (Å²) in [7, 11) is 0. The maximum absolute atomic E-state index is 13.7. The summed E-state index contributed by atoms with van der Waals surface area (Å²) in [5.74, 6) is 1.44. The van der Waals surface area contributed by atoms with Gasteiger partial charge in [0.05, 0.1) is 5.75 Å². The van der Waals surface area contributed by atoms with E-state index in [1.165, 1.54) is 6.07 Å². The summed E-state index contributed by atoms with van der Waals surface area (Å²) in [4.78, 5) is 4.30. The first-order valence-electron chi connectivity index (χ1n) is 6.92. The first kappa shape index (κ1) is 16.0. The molecule has 1 aromatic carbocycles. The first-order valence-corrected chi connectivity index (χ1v) is 7.96. The van der Waals surface area contributed by atoms with Crippen LogP contribution in [0.3, 0.4) is 0 Å². The molecule has 0 fully saturated rings. The minimum atomic E-state index is -0.186. The molecule has 0 N–H and O–H groups in total. The van der Waals surface area contributed by atoms with Crippen molar-refractivity contribution in [3.63, 3.8) is 0 Å². The van der Waals surface area contributed by atoms with E-state index in [1.807, 2.05) is 26.8 Å². The molecule has 114 valence electrons. The first-order chi connectivity index (χ1) is 10.1. The molecule has 1 aromatic heterocycles. The zero-order valence-corrected chi connectivity index (χ0v) is 13.2. The second-order valence-corrected chi connectivity index (χ2v) is 5.95. The van der Waals surface area contributed by atoms with Crippen LogP contribution < -0.4 is 0 Å². The highest BCUT2D eigenvalue weighted by Crippen LogP contribution is 2.32. The lowest BCUT2D eigenvalue weighted by Gasteiger charge is -2.10. The molecule has 0 aliphatic heterocycles. The van der Waals surface area contributed by atoms with Crippen LogP contribution in [0.25, 0.3) is 0 Å². The van der Waals surface area contributed by atoms with E-state index in [9.17, 15) is 4.39 Å². The Kier molecular flexibility index (Phi) is 5.76. The van der Waals surface area contributed by atoms with Crippen LogP contribution in [-0.2, 0) is 10.5 Å². The van der Waals surface area contributed by atoms with Crippen molar-refractivity contribution < 1.29 is 13.7 Å². The van der Waals surface area contributed by atoms with Gasteiger partial charge in [-0.2, -0.15) is 4.98 Å². The van der Waals surface area contributed by atoms with Gasteiger partial charge in [-0.1, -0.05) is 23.4 Å². The van der Waals surface area contributed by atoms with E-state index >= 15 is 0 Å². The summed E-state index contributed by atoms with van der Waals surface area (Å²) in [5, 5.41) is 3.92. The van der Waals surface area contributed by atoms with E-state index in [0.29, 0.717) is 29.6 Å². The Bertz CT molecular complexity index is 576. The topological polar surface area (TPSA) is 48.2 Å². The molecule has 0 aliphatic rings. The van der Waals surface area contributed by atoms with Crippen molar-refractivity contribution in [1.29, 1.82) is 0 Å². The summed E-state index contributed by atoms with van der Waals surface area (Å²) in [5.41, 5.74) is 0.685. The lowest BCUT2D eigenvalue weighted by atomic mass is 10.1. The Morgan fingerprint density at radius 2 is 2.10 bits per heavy atom. The third-order valence-electron chi connectivity index (χ3n) is 3.06. The van der Waals surface area contributed by atoms with Crippen LogP contribution in [0, 0.1) is 5.82 Å². The fourth-order valence-corrected chi connectivity index (χ4v) is 2.79. The average Bonchev–Trinajstić information content (AvgIpc) is 2.94. The second-order valence-electron chi connectivity index (χ2n) is 4.62. The molecule has 0 bridgehead atoms. The number of nitrogens with zero attached hydrogens (tertiary/aromatic N) is 2. The molecule has 0 saturated carbocycles. The third kappa shape index (κ3) is 4.28. The van der Waals surface area contributed by atoms with Gasteiger partial charge in [-0.25, -0.2) is 4.39 Å². The number of hydrogen-bond donors (Lipinski definition) is 0. The Morgan fingerprint density at radius 3 is 2.81 bits per heavy atom. The van der Waals surface area contributed by atoms with Crippen LogP contribution in [0.5, 0.6) is 0 Å². The van der Waals surface area contributed by atoms with E-state index in [4.69, 9.17) is 9.26 Å². The predicted octanol–water partition coefficient (Wildman–Crippen LogP) is 4.30. The van der Waals surface area contributed by atoms with Gasteiger partial charge in [0, 0.05) is 17.4 Å². The molecule has 2 atom stereocenters. The summed E-state index contributed by atoms with van der Waals surface area (Å²) >= 11 is 1.56. The Labute approximate surface area is 128 Å². The Morgan fingerprint density at radius 1 is 1.33 bits per heavy atom. The van der Waals surface area contributed by atoms with Crippen LogP contribution >= 0.6 is 11.8 Å². The fourth-order valence-electron chi connectivity index (χ4n) is 1.91. The molecule has 0 saturated heterocycles. The quantitative estimate of drug-likeness (QED) is 0.763. The van der Waals surface area contributed by atoms with Crippen molar-refractivity contribution in [3.05, 3.63) is 47.4 Å². The Balaban J connectivity index is 1.93. The van der Waals surface area contributed by atoms with Gasteiger partial charge >= 0.3 is 0 Å². The lowest BCUT2D eigenvalue weighted by Crippen LogP contribution is -2.01. The van der Waals surface area contributed by atoms with Gasteiger partial charge in [-0.15, -0.1) is 11.8 Å². The monoisotopic (exact) mass is 310 g/mol. The number of ether oxygens (including phenoxy) is 1. The van der Waals surface area contributed by atoms with E-state index in [1.54, 1.807) is 23.9 Å². The molecule has 0 spiro atoms. The number of aromatic nitrogens is 2. The lowest BCUT2D eigenvalue weighted by molar-refractivity contribution is 0.0683. The highest BCUT2D eigenvalue weighted by Gasteiger charge is 2.16. The fraction of sp³-hybridized carbons (Fsp3) is 0.467. The van der Waals surface area contributed by atoms with E-state index in [-0.39, 0.29) is 17.2 Å². The molecular formula is C15H19FN2O2S. The summed E-state index contributed by atoms with van der Waals surface area (Å²) < 4.78 is 24.3. The van der Waals surface area contributed by atoms with Crippen molar-refractivity contribution in [2.45, 2.75) is 37.9 Å². The standard InChI is InChI=1S/C15H19FN2O2S/c1-4-19-10(2)15-17-14(20-18-15)9-21-11(3)12-7-5-6-8-13(12)16/h5-8,10-11H,4,9H2,1-3H3/t10-,11+/m1/s1. The largest absolute Gasteiger partial charge is 0.371 e. The predicted molar refractivity (Wildman–Crippen MR) is 80.4 cm³/mol. The number of rotatable bonds is 7. The molecule has 0 radical (unpaired) electrons. The van der Waals surface area contributed by atoms with Crippen molar-refractivity contribution in [2.24, 2.45) is 0 Å². The summed E-state index contributed by atoms with van der Waals surface area (Å²) in [6.45, 7) is 6.37. The van der Waals surface area contributed by atoms with Crippen LogP contribution in [-0.4, -0.2) is 16.7 Å². The molecule has 21 heavy (non-hydrogen) atoms. The SMILES string of the molecule is CCO[C@H](C)c1noc(CS[C@@H](C)c2ccccc2F)n1. The van der Waals surface area contributed by atoms with Crippen LogP contribution in [0.15, 0.2) is 28.8 Å². The summed E-state index contributed by atoms with van der Waals surface area (Å²) in [6, 6.07) is 6.80. The van der Waals surface area contributed by atoms with Gasteiger partial charge in [0.25, 0.3) is 0 Å². The van der Waals surface area contributed by atoms with Gasteiger partial charge in [0.1, 0.15) is 11.9 Å². The smallest absolute Gasteiger partial charge is 0.236 e. The van der Waals surface area contributed by atoms with Crippen LogP contribution in [0.1, 0.15) is 49.4 Å². The Hall–Kier alpha value is -1.40. The van der Waals surface area contributed by atoms with Gasteiger partial charge in [0.15, 0.2) is 5.82 Å². The van der Waals surface area contributed by atoms with Gasteiger partial charge in [0.2, 0.25) is 5.89 Å². The highest BCUT2D eigenvalue weighted by molar-refractivity contribution is 7.98. The number of benzene rings is 1. The minimum Gasteiger partial charge on any atom is -0.371 e. The second kappa shape index (κ2) is 7.56. The minimum absolute atomic E-state index is 0.0193. The van der Waals surface area contributed by atoms with Gasteiger partial charge < -0.3 is 9.26 Å². The number of thioether (sulfide) groups is 1. The van der Waals surface area contributed by atoms with E-state index < -0.39 is 0 Å². The molecule has 2 aromatic rings. The molecule has 6 heteroatoms. The molecule has 2 rings (SSSR count). The summed E-state index contributed by atoms with van der Waals surface area (Å²) in [6.07, 6.45) is -0.179. The average molecular weight is 310 g/mol. The van der Waals surface area contributed by atoms with Crippen molar-refractivity contribution >= 4 is 11.8 Å². The van der Waals surface area contributed by atoms with Crippen LogP contribution in [0.2, 0.25) is 0 Å². The van der Waals surface area contributed by atoms with Gasteiger partial charge in [-0.05, 0) is 26.8 Å².